The predicted octanol–water partition coefficient (Wildman–Crippen LogP) is 10.4. The van der Waals surface area contributed by atoms with Crippen LogP contribution in [0.25, 0.3) is 71.3 Å². The first-order valence-electron chi connectivity index (χ1n) is 19.7. The van der Waals surface area contributed by atoms with Crippen LogP contribution in [0.2, 0.25) is 0 Å². The monoisotopic (exact) mass is 537 g/mol. The highest BCUT2D eigenvalue weighted by Crippen LogP contribution is 2.46. The second-order valence-corrected chi connectivity index (χ2v) is 9.63. The van der Waals surface area contributed by atoms with Crippen molar-refractivity contribution in [3.05, 3.63) is 145 Å². The first kappa shape index (κ1) is 13.9. The lowest BCUT2D eigenvalue weighted by Crippen LogP contribution is -2.01. The van der Waals surface area contributed by atoms with Crippen LogP contribution in [-0.2, 0) is 6.42 Å². The third-order valence-corrected chi connectivity index (χ3v) is 7.48. The van der Waals surface area contributed by atoms with Crippen LogP contribution in [0.4, 0.5) is 0 Å². The van der Waals surface area contributed by atoms with Gasteiger partial charge in [0.1, 0.15) is 5.82 Å². The molecule has 2 heteroatoms. The van der Waals surface area contributed by atoms with E-state index >= 15 is 0 Å². The predicted molar refractivity (Wildman–Crippen MR) is 174 cm³/mol. The Kier molecular flexibility index (Phi) is 3.21. The lowest BCUT2D eigenvalue weighted by molar-refractivity contribution is 0.913. The maximum Gasteiger partial charge on any atom is 0.114 e. The fourth-order valence-corrected chi connectivity index (χ4v) is 5.80. The van der Waals surface area contributed by atoms with Crippen LogP contribution >= 0.6 is 0 Å². The highest BCUT2D eigenvalue weighted by atomic mass is 15.1. The summed E-state index contributed by atoms with van der Waals surface area (Å²) >= 11 is 0. The Morgan fingerprint density at radius 1 is 0.585 bits per heavy atom. The minimum atomic E-state index is -0.710. The van der Waals surface area contributed by atoms with Crippen molar-refractivity contribution < 1.29 is 17.8 Å². The number of imidazole rings is 1. The van der Waals surface area contributed by atoms with Gasteiger partial charge in [0, 0.05) is 11.8 Å². The van der Waals surface area contributed by atoms with Crippen molar-refractivity contribution in [1.29, 1.82) is 0 Å². The normalized spacial score (nSPS) is 16.1. The second kappa shape index (κ2) is 9.46. The van der Waals surface area contributed by atoms with Crippen molar-refractivity contribution in [2.24, 2.45) is 0 Å². The number of benzene rings is 7. The highest BCUT2D eigenvalue weighted by molar-refractivity contribution is 6.23. The molecule has 194 valence electrons. The minimum Gasteiger partial charge on any atom is -0.296 e. The van der Waals surface area contributed by atoms with Gasteiger partial charge in [-0.05, 0) is 67.4 Å². The van der Waals surface area contributed by atoms with Crippen molar-refractivity contribution in [2.75, 3.05) is 0 Å². The van der Waals surface area contributed by atoms with Crippen LogP contribution in [0.3, 0.4) is 0 Å². The molecule has 1 heterocycles. The van der Waals surface area contributed by atoms with Crippen molar-refractivity contribution in [2.45, 2.75) is 13.3 Å². The molecule has 0 unspecified atom stereocenters. The quantitative estimate of drug-likeness (QED) is 0.204. The summed E-state index contributed by atoms with van der Waals surface area (Å²) in [6.45, 7) is 2.00. The van der Waals surface area contributed by atoms with Crippen LogP contribution in [0.5, 0.6) is 0 Å². The van der Waals surface area contributed by atoms with E-state index in [1.165, 1.54) is 0 Å². The molecule has 0 radical (unpaired) electrons. The topological polar surface area (TPSA) is 17.8 Å². The molecular formula is C39H28N2. The standard InChI is InChI=1S/C39H28N2/c1-2-37-40-34-22-12-13-23-36(34)41(37)35-25-24-33(27-16-6-7-17-28(27)35)39-31-20-10-8-18-29(31)38(26-14-4-3-5-15-26)30-19-9-11-21-32(30)39/h3-25H,2H2,1H3/i3D,4D,5D,8D,9D,10D,11D,14D,15D,18D,19D,20D,21D. The summed E-state index contributed by atoms with van der Waals surface area (Å²) in [5.41, 5.74) is 2.17. The Balaban J connectivity index is 1.66. The third kappa shape index (κ3) is 3.61. The molecule has 7 aromatic carbocycles. The van der Waals surface area contributed by atoms with E-state index in [-0.39, 0.29) is 32.7 Å². The number of fused-ring (bicyclic) bond motifs is 4. The molecule has 41 heavy (non-hydrogen) atoms. The van der Waals surface area contributed by atoms with E-state index in [4.69, 9.17) is 17.3 Å². The van der Waals surface area contributed by atoms with Crippen LogP contribution in [0, 0.1) is 0 Å². The van der Waals surface area contributed by atoms with E-state index in [1.807, 2.05) is 55.5 Å². The maximum absolute atomic E-state index is 9.31. The SMILES string of the molecule is [2H]c1c([2H])c([2H])c(-c2c3c([2H])c([2H])c([2H])c([2H])c3c(-c3ccc(-n4c(CC)nc5ccccc54)c4ccccc34)c3c([2H])c([2H])c([2H])c([2H])c23)c([2H])c1[2H]. The third-order valence-electron chi connectivity index (χ3n) is 7.48. The van der Waals surface area contributed by atoms with E-state index in [0.717, 1.165) is 27.9 Å². The van der Waals surface area contributed by atoms with Gasteiger partial charge >= 0.3 is 0 Å². The van der Waals surface area contributed by atoms with Crippen molar-refractivity contribution in [3.63, 3.8) is 0 Å². The van der Waals surface area contributed by atoms with Gasteiger partial charge < -0.3 is 0 Å². The molecule has 0 atom stereocenters. The maximum atomic E-state index is 9.31. The Hall–Kier alpha value is -5.21. The zero-order valence-corrected chi connectivity index (χ0v) is 21.9. The fourth-order valence-electron chi connectivity index (χ4n) is 5.80. The summed E-state index contributed by atoms with van der Waals surface area (Å²) < 4.78 is 117. The number of hydrogen-bond acceptors (Lipinski definition) is 1. The average molecular weight is 538 g/mol. The number of nitrogens with zero attached hydrogens (tertiary/aromatic N) is 2. The van der Waals surface area contributed by atoms with E-state index in [1.54, 1.807) is 12.1 Å². The van der Waals surface area contributed by atoms with E-state index in [0.29, 0.717) is 17.4 Å². The molecule has 0 aliphatic carbocycles. The van der Waals surface area contributed by atoms with E-state index in [9.17, 15) is 5.48 Å². The number of hydrogen-bond donors (Lipinski definition) is 0. The Morgan fingerprint density at radius 2 is 1.17 bits per heavy atom. The molecule has 8 aromatic rings. The molecule has 0 saturated carbocycles. The van der Waals surface area contributed by atoms with Gasteiger partial charge in [-0.15, -0.1) is 0 Å². The average Bonchev–Trinajstić information content (AvgIpc) is 3.56. The van der Waals surface area contributed by atoms with Gasteiger partial charge in [-0.1, -0.05) is 128 Å². The highest BCUT2D eigenvalue weighted by Gasteiger charge is 2.20. The molecule has 0 aliphatic rings. The van der Waals surface area contributed by atoms with Crippen molar-refractivity contribution >= 4 is 43.4 Å². The molecule has 0 fully saturated rings. The summed E-state index contributed by atoms with van der Waals surface area (Å²) in [6, 6.07) is 10.5. The summed E-state index contributed by atoms with van der Waals surface area (Å²) in [5, 5.41) is 0.600. The molecule has 0 saturated heterocycles. The molecule has 0 N–H and O–H groups in total. The summed E-state index contributed by atoms with van der Waals surface area (Å²) in [6.07, 6.45) is 0.616. The van der Waals surface area contributed by atoms with Gasteiger partial charge in [0.15, 0.2) is 0 Å². The number of para-hydroxylation sites is 2. The molecule has 0 spiro atoms. The Labute approximate surface area is 257 Å². The van der Waals surface area contributed by atoms with Gasteiger partial charge in [-0.2, -0.15) is 0 Å². The van der Waals surface area contributed by atoms with E-state index < -0.39 is 84.1 Å². The molecule has 0 bridgehead atoms. The van der Waals surface area contributed by atoms with Gasteiger partial charge in [0.05, 0.1) is 34.5 Å². The number of aromatic nitrogens is 2. The smallest absolute Gasteiger partial charge is 0.114 e. The van der Waals surface area contributed by atoms with Crippen LogP contribution < -0.4 is 0 Å². The van der Waals surface area contributed by atoms with Gasteiger partial charge in [-0.25, -0.2) is 4.98 Å². The molecule has 0 aliphatic heterocycles. The largest absolute Gasteiger partial charge is 0.296 e. The lowest BCUT2D eigenvalue weighted by atomic mass is 9.84. The minimum absolute atomic E-state index is 0.0871. The second-order valence-electron chi connectivity index (χ2n) is 9.63. The molecule has 2 nitrogen and oxygen atoms in total. The zero-order valence-electron chi connectivity index (χ0n) is 34.9. The first-order chi connectivity index (χ1) is 25.7. The van der Waals surface area contributed by atoms with Gasteiger partial charge in [-0.3, -0.25) is 4.57 Å². The van der Waals surface area contributed by atoms with Crippen LogP contribution in [0.1, 0.15) is 30.6 Å². The van der Waals surface area contributed by atoms with Crippen molar-refractivity contribution in [3.8, 4) is 27.9 Å². The Bertz CT molecular complexity index is 2860. The van der Waals surface area contributed by atoms with Gasteiger partial charge in [0.2, 0.25) is 0 Å². The summed E-state index contributed by atoms with van der Waals surface area (Å²) in [5.74, 6) is 0.802. The molecular weight excluding hydrogens is 496 g/mol. The van der Waals surface area contributed by atoms with Gasteiger partial charge in [0.25, 0.3) is 0 Å². The first-order valence-corrected chi connectivity index (χ1v) is 13.2. The van der Waals surface area contributed by atoms with Crippen LogP contribution in [0.15, 0.2) is 139 Å². The number of aryl methyl sites for hydroxylation is 1. The molecule has 8 rings (SSSR count). The summed E-state index contributed by atoms with van der Waals surface area (Å²) in [4.78, 5) is 4.85. The lowest BCUT2D eigenvalue weighted by Gasteiger charge is -2.20. The molecule has 0 amide bonds. The zero-order chi connectivity index (χ0) is 38.7. The number of rotatable bonds is 4. The van der Waals surface area contributed by atoms with E-state index in [2.05, 4.69) is 4.57 Å². The summed E-state index contributed by atoms with van der Waals surface area (Å²) in [7, 11) is 0. The fraction of sp³-hybridized carbons (Fsp3) is 0.0513. The Morgan fingerprint density at radius 3 is 1.85 bits per heavy atom. The van der Waals surface area contributed by atoms with Crippen LogP contribution in [-0.4, -0.2) is 9.55 Å². The van der Waals surface area contributed by atoms with Crippen molar-refractivity contribution in [1.82, 2.24) is 9.55 Å². The molecule has 1 aromatic heterocycles.